The van der Waals surface area contributed by atoms with E-state index in [0.717, 1.165) is 34.0 Å². The summed E-state index contributed by atoms with van der Waals surface area (Å²) in [6, 6.07) is 13.8. The molecule has 176 valence electrons. The molecule has 0 saturated carbocycles. The van der Waals surface area contributed by atoms with Crippen molar-refractivity contribution in [1.29, 1.82) is 0 Å². The third kappa shape index (κ3) is 6.47. The lowest BCUT2D eigenvalue weighted by molar-refractivity contribution is 0.159. The minimum atomic E-state index is -0.589. The molecular formula is C26H29N5O3. The van der Waals surface area contributed by atoms with Gasteiger partial charge in [0.25, 0.3) is 0 Å². The minimum Gasteiger partial charge on any atom is -0.436 e. The number of benzene rings is 2. The maximum Gasteiger partial charge on any atom is 0.408 e. The Bertz CT molecular complexity index is 1220. The number of rotatable bonds is 8. The van der Waals surface area contributed by atoms with E-state index in [1.807, 2.05) is 45.3 Å². The molecule has 0 bridgehead atoms. The number of pyridine rings is 1. The second-order valence-corrected chi connectivity index (χ2v) is 7.94. The Labute approximate surface area is 199 Å². The standard InChI is InChI=1S/C26H29N5O3/c1-5-12-34-26(33)29-15-20-10-11-21(19-9-7-8-18(13-19)17-31(3)4)22-14-24(28-16-23(20)22)30-25(32)27-6-2/h1,7-11,13-14,16H,6,12,15,17H2,2-4H3,(H,29,33)(H2,27,28,30,32). The van der Waals surface area contributed by atoms with Crippen molar-refractivity contribution in [3.05, 3.63) is 59.8 Å². The highest BCUT2D eigenvalue weighted by Gasteiger charge is 2.13. The molecule has 8 nitrogen and oxygen atoms in total. The minimum absolute atomic E-state index is 0.0920. The SMILES string of the molecule is C#CCOC(=O)NCc1ccc(-c2cccc(CN(C)C)c2)c2cc(NC(=O)NCC)ncc12. The number of hydrogen-bond donors (Lipinski definition) is 3. The van der Waals surface area contributed by atoms with Crippen LogP contribution in [0.5, 0.6) is 0 Å². The zero-order chi connectivity index (χ0) is 24.5. The number of urea groups is 1. The maximum absolute atomic E-state index is 12.0. The average molecular weight is 460 g/mol. The van der Waals surface area contributed by atoms with Gasteiger partial charge < -0.3 is 20.3 Å². The van der Waals surface area contributed by atoms with Gasteiger partial charge in [0.2, 0.25) is 0 Å². The monoisotopic (exact) mass is 459 g/mol. The molecule has 1 aromatic heterocycles. The molecule has 0 aliphatic rings. The molecule has 3 N–H and O–H groups in total. The lowest BCUT2D eigenvalue weighted by atomic mass is 9.95. The molecule has 0 fully saturated rings. The van der Waals surface area contributed by atoms with Crippen LogP contribution in [-0.4, -0.2) is 49.3 Å². The molecule has 3 amide bonds. The summed E-state index contributed by atoms with van der Waals surface area (Å²) in [5, 5.41) is 9.94. The topological polar surface area (TPSA) is 95.6 Å². The number of amides is 3. The van der Waals surface area contributed by atoms with Crippen LogP contribution in [0.3, 0.4) is 0 Å². The van der Waals surface area contributed by atoms with Gasteiger partial charge in [-0.05, 0) is 60.8 Å². The van der Waals surface area contributed by atoms with Crippen LogP contribution < -0.4 is 16.0 Å². The first kappa shape index (κ1) is 24.6. The molecule has 0 aliphatic heterocycles. The number of nitrogens with zero attached hydrogens (tertiary/aromatic N) is 2. The van der Waals surface area contributed by atoms with E-state index >= 15 is 0 Å². The summed E-state index contributed by atoms with van der Waals surface area (Å²) in [6.45, 7) is 3.32. The molecule has 0 aliphatic carbocycles. The smallest absolute Gasteiger partial charge is 0.408 e. The number of ether oxygens (including phenoxy) is 1. The highest BCUT2D eigenvalue weighted by atomic mass is 16.5. The summed E-state index contributed by atoms with van der Waals surface area (Å²) in [4.78, 5) is 30.4. The van der Waals surface area contributed by atoms with Gasteiger partial charge in [-0.25, -0.2) is 14.6 Å². The van der Waals surface area contributed by atoms with Crippen molar-refractivity contribution in [2.24, 2.45) is 0 Å². The zero-order valence-corrected chi connectivity index (χ0v) is 19.6. The fraction of sp³-hybridized carbons (Fsp3) is 0.269. The molecule has 3 aromatic rings. The number of anilines is 1. The Morgan fingerprint density at radius 1 is 1.12 bits per heavy atom. The predicted molar refractivity (Wildman–Crippen MR) is 134 cm³/mol. The van der Waals surface area contributed by atoms with Crippen molar-refractivity contribution in [2.75, 3.05) is 32.6 Å². The van der Waals surface area contributed by atoms with Gasteiger partial charge in [-0.15, -0.1) is 6.42 Å². The van der Waals surface area contributed by atoms with Gasteiger partial charge in [0.1, 0.15) is 5.82 Å². The highest BCUT2D eigenvalue weighted by Crippen LogP contribution is 2.32. The highest BCUT2D eigenvalue weighted by molar-refractivity contribution is 6.01. The largest absolute Gasteiger partial charge is 0.436 e. The first-order valence-corrected chi connectivity index (χ1v) is 11.0. The Morgan fingerprint density at radius 3 is 2.68 bits per heavy atom. The molecule has 0 radical (unpaired) electrons. The van der Waals surface area contributed by atoms with Crippen LogP contribution >= 0.6 is 0 Å². The summed E-state index contributed by atoms with van der Waals surface area (Å²) < 4.78 is 4.89. The first-order valence-electron chi connectivity index (χ1n) is 11.0. The van der Waals surface area contributed by atoms with Gasteiger partial charge in [-0.3, -0.25) is 5.32 Å². The Balaban J connectivity index is 2.02. The second kappa shape index (κ2) is 11.7. The van der Waals surface area contributed by atoms with Gasteiger partial charge in [0, 0.05) is 31.2 Å². The van der Waals surface area contributed by atoms with Crippen LogP contribution in [-0.2, 0) is 17.8 Å². The normalized spacial score (nSPS) is 10.6. The maximum atomic E-state index is 12.0. The quantitative estimate of drug-likeness (QED) is 0.443. The van der Waals surface area contributed by atoms with Crippen LogP contribution in [0.15, 0.2) is 48.7 Å². The van der Waals surface area contributed by atoms with Crippen molar-refractivity contribution < 1.29 is 14.3 Å². The van der Waals surface area contributed by atoms with E-state index < -0.39 is 6.09 Å². The summed E-state index contributed by atoms with van der Waals surface area (Å²) >= 11 is 0. The van der Waals surface area contributed by atoms with Gasteiger partial charge in [0.05, 0.1) is 0 Å². The Morgan fingerprint density at radius 2 is 1.94 bits per heavy atom. The number of aromatic nitrogens is 1. The van der Waals surface area contributed by atoms with E-state index in [2.05, 4.69) is 50.0 Å². The lowest BCUT2D eigenvalue weighted by Crippen LogP contribution is -2.28. The molecule has 0 spiro atoms. The van der Waals surface area contributed by atoms with Gasteiger partial charge in [-0.1, -0.05) is 36.3 Å². The van der Waals surface area contributed by atoms with Crippen LogP contribution in [0.2, 0.25) is 0 Å². The fourth-order valence-corrected chi connectivity index (χ4v) is 3.62. The van der Waals surface area contributed by atoms with Crippen molar-refractivity contribution in [3.63, 3.8) is 0 Å². The van der Waals surface area contributed by atoms with Gasteiger partial charge >= 0.3 is 12.1 Å². The third-order valence-electron chi connectivity index (χ3n) is 5.02. The number of fused-ring (bicyclic) bond motifs is 1. The molecule has 2 aromatic carbocycles. The average Bonchev–Trinajstić information content (AvgIpc) is 2.81. The molecule has 3 rings (SSSR count). The molecule has 0 atom stereocenters. The number of hydrogen-bond acceptors (Lipinski definition) is 5. The molecular weight excluding hydrogens is 430 g/mol. The third-order valence-corrected chi connectivity index (χ3v) is 5.02. The van der Waals surface area contributed by atoms with E-state index in [9.17, 15) is 9.59 Å². The summed E-state index contributed by atoms with van der Waals surface area (Å²) in [6.07, 6.45) is 6.25. The number of carbonyl (C=O) groups excluding carboxylic acids is 2. The van der Waals surface area contributed by atoms with Crippen LogP contribution in [0.1, 0.15) is 18.1 Å². The molecule has 34 heavy (non-hydrogen) atoms. The van der Waals surface area contributed by atoms with Crippen LogP contribution in [0.25, 0.3) is 21.9 Å². The number of terminal acetylenes is 1. The number of nitrogens with one attached hydrogen (secondary N) is 3. The summed E-state index contributed by atoms with van der Waals surface area (Å²) in [7, 11) is 4.06. The van der Waals surface area contributed by atoms with E-state index in [-0.39, 0.29) is 19.2 Å². The molecule has 0 saturated heterocycles. The second-order valence-electron chi connectivity index (χ2n) is 7.94. The van der Waals surface area contributed by atoms with Gasteiger partial charge in [-0.2, -0.15) is 0 Å². The lowest BCUT2D eigenvalue weighted by Gasteiger charge is -2.15. The van der Waals surface area contributed by atoms with Crippen molar-refractivity contribution >= 4 is 28.7 Å². The Kier molecular flexibility index (Phi) is 8.43. The van der Waals surface area contributed by atoms with Gasteiger partial charge in [0.15, 0.2) is 6.61 Å². The van der Waals surface area contributed by atoms with E-state index in [1.165, 1.54) is 5.56 Å². The fourth-order valence-electron chi connectivity index (χ4n) is 3.62. The van der Waals surface area contributed by atoms with Crippen molar-refractivity contribution in [2.45, 2.75) is 20.0 Å². The summed E-state index contributed by atoms with van der Waals surface area (Å²) in [5.74, 6) is 2.70. The summed E-state index contributed by atoms with van der Waals surface area (Å²) in [5.41, 5.74) is 4.09. The first-order chi connectivity index (χ1) is 16.4. The van der Waals surface area contributed by atoms with Crippen molar-refractivity contribution in [3.8, 4) is 23.5 Å². The number of alkyl carbamates (subject to hydrolysis) is 1. The van der Waals surface area contributed by atoms with Crippen LogP contribution in [0.4, 0.5) is 15.4 Å². The van der Waals surface area contributed by atoms with E-state index in [0.29, 0.717) is 12.4 Å². The van der Waals surface area contributed by atoms with Crippen molar-refractivity contribution in [1.82, 2.24) is 20.5 Å². The Hall–Kier alpha value is -4.09. The van der Waals surface area contributed by atoms with E-state index in [4.69, 9.17) is 11.2 Å². The zero-order valence-electron chi connectivity index (χ0n) is 19.6. The van der Waals surface area contributed by atoms with Crippen LogP contribution in [0, 0.1) is 12.3 Å². The molecule has 0 unspecified atom stereocenters. The molecule has 1 heterocycles. The predicted octanol–water partition coefficient (Wildman–Crippen LogP) is 3.96. The number of carbonyl (C=O) groups is 2. The van der Waals surface area contributed by atoms with E-state index in [1.54, 1.807) is 6.20 Å². The molecule has 8 heteroatoms.